The number of anilines is 3. The Balaban J connectivity index is 1.27. The number of likely N-dealkylation sites (N-methyl/N-ethyl adjacent to an activating group) is 1. The molecule has 38 heavy (non-hydrogen) atoms. The number of rotatable bonds is 9. The number of carbonyl (C=O) groups is 2. The number of hydrogen-bond donors (Lipinski definition) is 2. The number of amides is 3. The summed E-state index contributed by atoms with van der Waals surface area (Å²) in [6.45, 7) is 5.29. The zero-order valence-corrected chi connectivity index (χ0v) is 21.7. The molecule has 0 saturated carbocycles. The number of carbonyl (C=O) groups excluding carboxylic acids is 2. The smallest absolute Gasteiger partial charge is 0.412 e. The maximum Gasteiger partial charge on any atom is 0.412 e. The molecule has 2 atom stereocenters. The molecule has 2 aliphatic rings. The molecule has 0 radical (unpaired) electrons. The van der Waals surface area contributed by atoms with Gasteiger partial charge in [0.1, 0.15) is 18.6 Å². The van der Waals surface area contributed by atoms with E-state index < -0.39 is 12.3 Å². The van der Waals surface area contributed by atoms with Gasteiger partial charge < -0.3 is 19.3 Å². The molecule has 0 unspecified atom stereocenters. The molecule has 0 spiro atoms. The molecule has 13 nitrogen and oxygen atoms in total. The van der Waals surface area contributed by atoms with Crippen LogP contribution in [0.2, 0.25) is 0 Å². The summed E-state index contributed by atoms with van der Waals surface area (Å²) in [6, 6.07) is 1.20. The normalized spacial score (nSPS) is 19.6. The van der Waals surface area contributed by atoms with Crippen LogP contribution in [0.5, 0.6) is 5.88 Å². The van der Waals surface area contributed by atoms with Gasteiger partial charge in [-0.25, -0.2) is 28.9 Å². The van der Waals surface area contributed by atoms with Crippen LogP contribution in [0.4, 0.5) is 31.6 Å². The van der Waals surface area contributed by atoms with Crippen LogP contribution in [-0.4, -0.2) is 107 Å². The van der Waals surface area contributed by atoms with E-state index in [1.807, 2.05) is 16.7 Å². The molecule has 2 saturated heterocycles. The molecule has 3 amide bonds. The lowest BCUT2D eigenvalue weighted by atomic mass is 10.1. The van der Waals surface area contributed by atoms with Crippen LogP contribution in [-0.2, 0) is 4.74 Å². The van der Waals surface area contributed by atoms with Gasteiger partial charge in [-0.05, 0) is 32.3 Å². The average Bonchev–Trinajstić information content (AvgIpc) is 3.34. The highest BCUT2D eigenvalue weighted by atomic mass is 19.1. The van der Waals surface area contributed by atoms with Gasteiger partial charge in [-0.3, -0.25) is 15.5 Å². The number of hydrogen-bond acceptors (Lipinski definition) is 10. The number of urea groups is 1. The Kier molecular flexibility index (Phi) is 9.40. The summed E-state index contributed by atoms with van der Waals surface area (Å²) in [5.41, 5.74) is 0. The van der Waals surface area contributed by atoms with E-state index in [0.717, 1.165) is 19.4 Å². The minimum atomic E-state index is -0.806. The number of nitrogens with zero attached hydrogens (tertiary/aromatic N) is 7. The van der Waals surface area contributed by atoms with Crippen LogP contribution in [0.15, 0.2) is 24.7 Å². The van der Waals surface area contributed by atoms with Gasteiger partial charge in [0.05, 0.1) is 25.0 Å². The fraction of sp³-hybridized carbons (Fsp3) is 0.583. The van der Waals surface area contributed by atoms with Crippen LogP contribution < -0.4 is 20.3 Å². The summed E-state index contributed by atoms with van der Waals surface area (Å²) in [6.07, 6.45) is 5.22. The minimum absolute atomic E-state index is 0.0842. The van der Waals surface area contributed by atoms with Crippen molar-refractivity contribution in [2.24, 2.45) is 0 Å². The Hall–Kier alpha value is -3.81. The van der Waals surface area contributed by atoms with E-state index in [2.05, 4.69) is 30.6 Å². The molecule has 2 aliphatic heterocycles. The Bertz CT molecular complexity index is 1080. The maximum atomic E-state index is 13.3. The molecule has 206 valence electrons. The van der Waals surface area contributed by atoms with E-state index >= 15 is 0 Å². The Morgan fingerprint density at radius 3 is 2.74 bits per heavy atom. The van der Waals surface area contributed by atoms with Crippen LogP contribution in [0.25, 0.3) is 0 Å². The molecule has 2 fully saturated rings. The van der Waals surface area contributed by atoms with E-state index in [0.29, 0.717) is 62.7 Å². The van der Waals surface area contributed by atoms with Crippen LogP contribution in [0.1, 0.15) is 26.2 Å². The molecule has 0 bridgehead atoms. The first-order valence-corrected chi connectivity index (χ1v) is 12.8. The summed E-state index contributed by atoms with van der Waals surface area (Å²) < 4.78 is 23.7. The zero-order chi connectivity index (χ0) is 26.9. The Morgan fingerprint density at radius 2 is 2.00 bits per heavy atom. The third-order valence-corrected chi connectivity index (χ3v) is 6.43. The number of alkyl halides is 1. The third kappa shape index (κ3) is 7.60. The third-order valence-electron chi connectivity index (χ3n) is 6.43. The molecule has 2 N–H and O–H groups in total. The first kappa shape index (κ1) is 27.2. The standard InChI is InChI=1S/C24H34FN9O4/c1-3-37-21-14-27-20(13-28-21)30-23(35)32(2)18-5-4-9-34(16-18)22-26-8-6-19(29-22)31-24(36)38-12-11-33-10-7-17(25)15-33/h6,8,13-14,17-18H,3-5,7,9-12,15-16H2,1-2H3,(H,27,30,35)(H,26,29,31,36)/t17-,18-/m1/s1. The molecular weight excluding hydrogens is 497 g/mol. The fourth-order valence-corrected chi connectivity index (χ4v) is 4.39. The number of likely N-dealkylation sites (tertiary alicyclic amines) is 1. The molecular formula is C24H34FN9O4. The second kappa shape index (κ2) is 13.1. The topological polar surface area (TPSA) is 138 Å². The molecule has 0 aromatic carbocycles. The molecule has 0 aliphatic carbocycles. The highest BCUT2D eigenvalue weighted by molar-refractivity contribution is 5.88. The van der Waals surface area contributed by atoms with Crippen LogP contribution in [0.3, 0.4) is 0 Å². The molecule has 14 heteroatoms. The number of piperidine rings is 1. The summed E-state index contributed by atoms with van der Waals surface area (Å²) in [4.78, 5) is 47.6. The van der Waals surface area contributed by atoms with Gasteiger partial charge in [0, 0.05) is 46.0 Å². The van der Waals surface area contributed by atoms with E-state index in [-0.39, 0.29) is 18.7 Å². The maximum absolute atomic E-state index is 13.3. The van der Waals surface area contributed by atoms with Crippen molar-refractivity contribution in [3.05, 3.63) is 24.7 Å². The van der Waals surface area contributed by atoms with Gasteiger partial charge in [-0.15, -0.1) is 0 Å². The summed E-state index contributed by atoms with van der Waals surface area (Å²) >= 11 is 0. The highest BCUT2D eigenvalue weighted by Gasteiger charge is 2.28. The van der Waals surface area contributed by atoms with Gasteiger partial charge in [-0.2, -0.15) is 4.98 Å². The lowest BCUT2D eigenvalue weighted by Crippen LogP contribution is -2.50. The number of nitrogens with one attached hydrogen (secondary N) is 2. The van der Waals surface area contributed by atoms with Crippen molar-refractivity contribution in [3.63, 3.8) is 0 Å². The van der Waals surface area contributed by atoms with Crippen molar-refractivity contribution in [1.82, 2.24) is 29.7 Å². The van der Waals surface area contributed by atoms with Crippen molar-refractivity contribution < 1.29 is 23.5 Å². The first-order valence-electron chi connectivity index (χ1n) is 12.8. The number of ether oxygens (including phenoxy) is 2. The lowest BCUT2D eigenvalue weighted by Gasteiger charge is -2.37. The van der Waals surface area contributed by atoms with Crippen molar-refractivity contribution in [3.8, 4) is 5.88 Å². The molecule has 4 heterocycles. The number of aromatic nitrogens is 4. The van der Waals surface area contributed by atoms with Gasteiger partial charge in [0.15, 0.2) is 5.82 Å². The zero-order valence-electron chi connectivity index (χ0n) is 21.7. The quantitative estimate of drug-likeness (QED) is 0.496. The predicted molar refractivity (Wildman–Crippen MR) is 138 cm³/mol. The van der Waals surface area contributed by atoms with Crippen molar-refractivity contribution in [2.45, 2.75) is 38.4 Å². The first-order chi connectivity index (χ1) is 18.4. The van der Waals surface area contributed by atoms with Gasteiger partial charge in [0.25, 0.3) is 0 Å². The van der Waals surface area contributed by atoms with Crippen molar-refractivity contribution in [1.29, 1.82) is 0 Å². The monoisotopic (exact) mass is 531 g/mol. The minimum Gasteiger partial charge on any atom is -0.477 e. The van der Waals surface area contributed by atoms with E-state index in [4.69, 9.17) is 9.47 Å². The van der Waals surface area contributed by atoms with E-state index in [9.17, 15) is 14.0 Å². The average molecular weight is 532 g/mol. The summed E-state index contributed by atoms with van der Waals surface area (Å²) in [5, 5.41) is 5.37. The van der Waals surface area contributed by atoms with Crippen LogP contribution in [0, 0.1) is 0 Å². The van der Waals surface area contributed by atoms with Gasteiger partial charge in [-0.1, -0.05) is 0 Å². The van der Waals surface area contributed by atoms with Gasteiger partial charge >= 0.3 is 12.1 Å². The van der Waals surface area contributed by atoms with E-state index in [1.54, 1.807) is 24.2 Å². The van der Waals surface area contributed by atoms with E-state index in [1.165, 1.54) is 12.4 Å². The lowest BCUT2D eigenvalue weighted by molar-refractivity contribution is 0.144. The largest absolute Gasteiger partial charge is 0.477 e. The van der Waals surface area contributed by atoms with Crippen molar-refractivity contribution >= 4 is 29.7 Å². The Labute approximate surface area is 220 Å². The Morgan fingerprint density at radius 1 is 1.13 bits per heavy atom. The number of halogens is 1. The summed E-state index contributed by atoms with van der Waals surface area (Å²) in [5.74, 6) is 1.49. The van der Waals surface area contributed by atoms with Crippen LogP contribution >= 0.6 is 0 Å². The molecule has 2 aromatic rings. The predicted octanol–water partition coefficient (Wildman–Crippen LogP) is 2.39. The fourth-order valence-electron chi connectivity index (χ4n) is 4.39. The SMILES string of the molecule is CCOc1cnc(NC(=O)N(C)[C@@H]2CCCN(c3nccc(NC(=O)OCCN4CC[C@@H](F)C4)n3)C2)cn1. The second-order valence-corrected chi connectivity index (χ2v) is 9.15. The summed E-state index contributed by atoms with van der Waals surface area (Å²) in [7, 11) is 1.73. The second-order valence-electron chi connectivity index (χ2n) is 9.15. The molecule has 4 rings (SSSR count). The van der Waals surface area contributed by atoms with Crippen molar-refractivity contribution in [2.75, 3.05) is 68.5 Å². The highest BCUT2D eigenvalue weighted by Crippen LogP contribution is 2.21. The van der Waals surface area contributed by atoms with Gasteiger partial charge in [0.2, 0.25) is 11.8 Å². The molecule has 2 aromatic heterocycles.